The Morgan fingerprint density at radius 1 is 0.929 bits per heavy atom. The lowest BCUT2D eigenvalue weighted by atomic mass is 10.1. The first-order valence-corrected chi connectivity index (χ1v) is 9.17. The van der Waals surface area contributed by atoms with Crippen LogP contribution in [0.25, 0.3) is 10.9 Å². The Morgan fingerprint density at radius 2 is 1.79 bits per heavy atom. The van der Waals surface area contributed by atoms with Crippen LogP contribution in [0, 0.1) is 0 Å². The van der Waals surface area contributed by atoms with Gasteiger partial charge in [0.1, 0.15) is 5.82 Å². The van der Waals surface area contributed by atoms with Crippen molar-refractivity contribution in [1.82, 2.24) is 9.97 Å². The Labute approximate surface area is 167 Å². The number of hydrogen-bond donors (Lipinski definition) is 2. The van der Waals surface area contributed by atoms with Crippen LogP contribution in [0.2, 0.25) is 5.02 Å². The number of hydrogen-bond acceptors (Lipinski definition) is 4. The average molecular weight is 389 g/mol. The van der Waals surface area contributed by atoms with Crippen molar-refractivity contribution in [2.75, 3.05) is 10.6 Å². The first-order chi connectivity index (χ1) is 13.7. The molecule has 0 saturated heterocycles. The normalized spacial score (nSPS) is 10.6. The zero-order valence-electron chi connectivity index (χ0n) is 14.9. The zero-order valence-corrected chi connectivity index (χ0v) is 15.6. The standard InChI is InChI=1S/C22H17ClN4O/c23-18-8-2-1-5-17(18)14-26-20-13-16(10-12-24-20)22(28)27-19-9-3-6-15-7-4-11-25-21(15)19/h1-13H,14H2,(H,24,26)(H,27,28). The van der Waals surface area contributed by atoms with Crippen LogP contribution in [0.5, 0.6) is 0 Å². The smallest absolute Gasteiger partial charge is 0.255 e. The summed E-state index contributed by atoms with van der Waals surface area (Å²) in [7, 11) is 0. The van der Waals surface area contributed by atoms with Crippen LogP contribution < -0.4 is 10.6 Å². The second-order valence-corrected chi connectivity index (χ2v) is 6.62. The number of carbonyl (C=O) groups is 1. The summed E-state index contributed by atoms with van der Waals surface area (Å²) in [5.74, 6) is 0.380. The number of aromatic nitrogens is 2. The summed E-state index contributed by atoms with van der Waals surface area (Å²) in [6.07, 6.45) is 3.31. The second kappa shape index (κ2) is 8.06. The number of benzene rings is 2. The molecule has 28 heavy (non-hydrogen) atoms. The summed E-state index contributed by atoms with van der Waals surface area (Å²) in [4.78, 5) is 21.4. The molecule has 0 saturated carbocycles. The lowest BCUT2D eigenvalue weighted by molar-refractivity contribution is 0.102. The van der Waals surface area contributed by atoms with Crippen molar-refractivity contribution >= 4 is 39.9 Å². The third-order valence-electron chi connectivity index (χ3n) is 4.32. The summed E-state index contributed by atoms with van der Waals surface area (Å²) in [6.45, 7) is 0.519. The van der Waals surface area contributed by atoms with E-state index < -0.39 is 0 Å². The van der Waals surface area contributed by atoms with Gasteiger partial charge in [0.05, 0.1) is 11.2 Å². The van der Waals surface area contributed by atoms with Gasteiger partial charge in [-0.3, -0.25) is 9.78 Å². The molecule has 2 aromatic heterocycles. The molecule has 0 aliphatic carbocycles. The SMILES string of the molecule is O=C(Nc1cccc2cccnc12)c1ccnc(NCc2ccccc2Cl)c1. The summed E-state index contributed by atoms with van der Waals surface area (Å²) >= 11 is 6.18. The lowest BCUT2D eigenvalue weighted by Crippen LogP contribution is -2.13. The van der Waals surface area contributed by atoms with Crippen LogP contribution in [0.4, 0.5) is 11.5 Å². The highest BCUT2D eigenvalue weighted by Crippen LogP contribution is 2.22. The summed E-state index contributed by atoms with van der Waals surface area (Å²) in [6, 6.07) is 20.5. The number of para-hydroxylation sites is 1. The fourth-order valence-corrected chi connectivity index (χ4v) is 3.10. The monoisotopic (exact) mass is 388 g/mol. The van der Waals surface area contributed by atoms with Crippen LogP contribution in [0.15, 0.2) is 79.1 Å². The molecule has 0 radical (unpaired) electrons. The van der Waals surface area contributed by atoms with Crippen molar-refractivity contribution in [3.8, 4) is 0 Å². The van der Waals surface area contributed by atoms with Crippen molar-refractivity contribution in [1.29, 1.82) is 0 Å². The van der Waals surface area contributed by atoms with Gasteiger partial charge in [-0.2, -0.15) is 0 Å². The number of nitrogens with zero attached hydrogens (tertiary/aromatic N) is 2. The Hall–Kier alpha value is -3.44. The number of pyridine rings is 2. The van der Waals surface area contributed by atoms with Gasteiger partial charge in [-0.05, 0) is 35.9 Å². The van der Waals surface area contributed by atoms with E-state index in [4.69, 9.17) is 11.6 Å². The van der Waals surface area contributed by atoms with Crippen molar-refractivity contribution in [3.05, 3.63) is 95.3 Å². The number of carbonyl (C=O) groups excluding carboxylic acids is 1. The average Bonchev–Trinajstić information content (AvgIpc) is 2.74. The molecular weight excluding hydrogens is 372 g/mol. The largest absolute Gasteiger partial charge is 0.366 e. The minimum absolute atomic E-state index is 0.221. The second-order valence-electron chi connectivity index (χ2n) is 6.21. The third-order valence-corrected chi connectivity index (χ3v) is 4.69. The summed E-state index contributed by atoms with van der Waals surface area (Å²) in [5, 5.41) is 7.79. The highest BCUT2D eigenvalue weighted by Gasteiger charge is 2.10. The molecule has 2 heterocycles. The van der Waals surface area contributed by atoms with Gasteiger partial charge in [-0.25, -0.2) is 4.98 Å². The van der Waals surface area contributed by atoms with E-state index in [9.17, 15) is 4.79 Å². The zero-order chi connectivity index (χ0) is 19.3. The van der Waals surface area contributed by atoms with E-state index in [-0.39, 0.29) is 5.91 Å². The Balaban J connectivity index is 1.50. The molecule has 2 aromatic carbocycles. The fourth-order valence-electron chi connectivity index (χ4n) is 2.90. The van der Waals surface area contributed by atoms with Crippen LogP contribution >= 0.6 is 11.6 Å². The first-order valence-electron chi connectivity index (χ1n) is 8.79. The number of amides is 1. The molecule has 1 amide bonds. The van der Waals surface area contributed by atoms with Gasteiger partial charge in [-0.15, -0.1) is 0 Å². The number of fused-ring (bicyclic) bond motifs is 1. The van der Waals surface area contributed by atoms with E-state index in [1.54, 1.807) is 24.5 Å². The van der Waals surface area contributed by atoms with Crippen molar-refractivity contribution in [2.45, 2.75) is 6.54 Å². The maximum absolute atomic E-state index is 12.7. The Bertz CT molecular complexity index is 1140. The lowest BCUT2D eigenvalue weighted by Gasteiger charge is -2.10. The van der Waals surface area contributed by atoms with E-state index in [0.29, 0.717) is 28.6 Å². The highest BCUT2D eigenvalue weighted by molar-refractivity contribution is 6.31. The minimum atomic E-state index is -0.221. The first kappa shape index (κ1) is 17.9. The molecule has 4 aromatic rings. The highest BCUT2D eigenvalue weighted by atomic mass is 35.5. The van der Waals surface area contributed by atoms with E-state index in [1.807, 2.05) is 54.6 Å². The molecule has 0 aliphatic rings. The maximum atomic E-state index is 12.7. The molecule has 0 atom stereocenters. The quantitative estimate of drug-likeness (QED) is 0.496. The van der Waals surface area contributed by atoms with Crippen molar-refractivity contribution in [3.63, 3.8) is 0 Å². The Kier molecular flexibility index (Phi) is 5.17. The molecule has 2 N–H and O–H groups in total. The fraction of sp³-hybridized carbons (Fsp3) is 0.0455. The number of nitrogens with one attached hydrogen (secondary N) is 2. The van der Waals surface area contributed by atoms with Crippen molar-refractivity contribution in [2.24, 2.45) is 0 Å². The molecule has 0 spiro atoms. The summed E-state index contributed by atoms with van der Waals surface area (Å²) in [5.41, 5.74) is 2.89. The van der Waals surface area contributed by atoms with Crippen LogP contribution in [0.1, 0.15) is 15.9 Å². The molecule has 6 heteroatoms. The number of halogens is 1. The van der Waals surface area contributed by atoms with Gasteiger partial charge in [-0.1, -0.05) is 48.0 Å². The molecule has 4 rings (SSSR count). The minimum Gasteiger partial charge on any atom is -0.366 e. The molecule has 0 unspecified atom stereocenters. The van der Waals surface area contributed by atoms with Crippen LogP contribution in [0.3, 0.4) is 0 Å². The van der Waals surface area contributed by atoms with Crippen LogP contribution in [-0.2, 0) is 6.54 Å². The third kappa shape index (κ3) is 3.94. The topological polar surface area (TPSA) is 66.9 Å². The van der Waals surface area contributed by atoms with Crippen molar-refractivity contribution < 1.29 is 4.79 Å². The van der Waals surface area contributed by atoms with Gasteiger partial charge in [0, 0.05) is 34.9 Å². The van der Waals surface area contributed by atoms with E-state index in [2.05, 4.69) is 20.6 Å². The number of rotatable bonds is 5. The van der Waals surface area contributed by atoms with Gasteiger partial charge < -0.3 is 10.6 Å². The molecule has 0 aliphatic heterocycles. The van der Waals surface area contributed by atoms with Crippen LogP contribution in [-0.4, -0.2) is 15.9 Å². The molecular formula is C22H17ClN4O. The predicted octanol–water partition coefficient (Wildman–Crippen LogP) is 5.15. The molecule has 138 valence electrons. The van der Waals surface area contributed by atoms with E-state index >= 15 is 0 Å². The summed E-state index contributed by atoms with van der Waals surface area (Å²) < 4.78 is 0. The van der Waals surface area contributed by atoms with Gasteiger partial charge >= 0.3 is 0 Å². The van der Waals surface area contributed by atoms with Gasteiger partial charge in [0.15, 0.2) is 0 Å². The Morgan fingerprint density at radius 3 is 2.68 bits per heavy atom. The molecule has 0 bridgehead atoms. The van der Waals surface area contributed by atoms with E-state index in [1.165, 1.54) is 0 Å². The van der Waals surface area contributed by atoms with E-state index in [0.717, 1.165) is 16.5 Å². The number of anilines is 2. The molecule has 0 fully saturated rings. The van der Waals surface area contributed by atoms with Gasteiger partial charge in [0.2, 0.25) is 0 Å². The predicted molar refractivity (Wildman–Crippen MR) is 113 cm³/mol. The molecule has 5 nitrogen and oxygen atoms in total. The van der Waals surface area contributed by atoms with Gasteiger partial charge in [0.25, 0.3) is 5.91 Å². The maximum Gasteiger partial charge on any atom is 0.255 e.